The van der Waals surface area contributed by atoms with Gasteiger partial charge in [0.15, 0.2) is 5.13 Å². The molecule has 1 aliphatic heterocycles. The average Bonchev–Trinajstić information content (AvgIpc) is 2.76. The molecule has 1 saturated heterocycles. The molecular weight excluding hydrogens is 300 g/mol. The number of hydrogen-bond acceptors (Lipinski definition) is 5. The van der Waals surface area contributed by atoms with E-state index >= 15 is 0 Å². The zero-order valence-electron chi connectivity index (χ0n) is 13.2. The van der Waals surface area contributed by atoms with Crippen LogP contribution in [0.15, 0.2) is 5.38 Å². The quantitative estimate of drug-likeness (QED) is 0.870. The molecule has 6 nitrogen and oxygen atoms in total. The van der Waals surface area contributed by atoms with Crippen LogP contribution in [0.3, 0.4) is 0 Å². The molecule has 0 radical (unpaired) electrons. The smallest absolute Gasteiger partial charge is 0.270 e. The lowest BCUT2D eigenvalue weighted by atomic mass is 10.2. The van der Waals surface area contributed by atoms with E-state index in [0.717, 1.165) is 13.1 Å². The fourth-order valence-electron chi connectivity index (χ4n) is 2.58. The minimum absolute atomic E-state index is 0.184. The van der Waals surface area contributed by atoms with E-state index in [-0.39, 0.29) is 11.8 Å². The number of hydrogen-bond donors (Lipinski definition) is 2. The van der Waals surface area contributed by atoms with Gasteiger partial charge >= 0.3 is 0 Å². The van der Waals surface area contributed by atoms with E-state index < -0.39 is 0 Å². The molecule has 2 N–H and O–H groups in total. The highest BCUT2D eigenvalue weighted by Crippen LogP contribution is 2.15. The molecule has 22 heavy (non-hydrogen) atoms. The first-order valence-corrected chi connectivity index (χ1v) is 8.69. The second kappa shape index (κ2) is 8.24. The summed E-state index contributed by atoms with van der Waals surface area (Å²) in [5, 5.41) is 7.64. The lowest BCUT2D eigenvalue weighted by Crippen LogP contribution is -2.42. The van der Waals surface area contributed by atoms with Gasteiger partial charge in [0.05, 0.1) is 0 Å². The highest BCUT2D eigenvalue weighted by atomic mass is 32.1. The number of carbonyl (C=O) groups is 2. The molecule has 0 aliphatic carbocycles. The van der Waals surface area contributed by atoms with Crippen LogP contribution in [0.2, 0.25) is 0 Å². The molecule has 0 spiro atoms. The Morgan fingerprint density at radius 3 is 2.64 bits per heavy atom. The van der Waals surface area contributed by atoms with Gasteiger partial charge in [-0.3, -0.25) is 14.5 Å². The summed E-state index contributed by atoms with van der Waals surface area (Å²) in [6.45, 7) is 6.41. The molecule has 1 aliphatic rings. The summed E-state index contributed by atoms with van der Waals surface area (Å²) >= 11 is 1.26. The van der Waals surface area contributed by atoms with Gasteiger partial charge in [0.25, 0.3) is 5.91 Å². The normalized spacial score (nSPS) is 17.5. The first kappa shape index (κ1) is 16.9. The third kappa shape index (κ3) is 5.06. The molecule has 2 amide bonds. The van der Waals surface area contributed by atoms with Gasteiger partial charge in [0.2, 0.25) is 5.91 Å². The van der Waals surface area contributed by atoms with Crippen LogP contribution in [0.1, 0.15) is 50.0 Å². The van der Waals surface area contributed by atoms with E-state index in [9.17, 15) is 9.59 Å². The van der Waals surface area contributed by atoms with Crippen molar-refractivity contribution in [3.05, 3.63) is 11.1 Å². The van der Waals surface area contributed by atoms with Crippen LogP contribution in [-0.4, -0.2) is 47.4 Å². The van der Waals surface area contributed by atoms with Gasteiger partial charge in [-0.25, -0.2) is 4.98 Å². The molecule has 0 bridgehead atoms. The van der Waals surface area contributed by atoms with Crippen LogP contribution in [0, 0.1) is 0 Å². The maximum Gasteiger partial charge on any atom is 0.270 e. The lowest BCUT2D eigenvalue weighted by Gasteiger charge is -2.27. The molecule has 1 aromatic heterocycles. The predicted molar refractivity (Wildman–Crippen MR) is 88.3 cm³/mol. The molecule has 1 atom stereocenters. The predicted octanol–water partition coefficient (Wildman–Crippen LogP) is 2.10. The Balaban J connectivity index is 1.81. The highest BCUT2D eigenvalue weighted by molar-refractivity contribution is 7.14. The second-order valence-corrected chi connectivity index (χ2v) is 6.59. The molecule has 2 rings (SSSR count). The summed E-state index contributed by atoms with van der Waals surface area (Å²) < 4.78 is 0. The van der Waals surface area contributed by atoms with Gasteiger partial charge in [0.1, 0.15) is 5.69 Å². The maximum absolute atomic E-state index is 12.1. The van der Waals surface area contributed by atoms with Gasteiger partial charge in [0, 0.05) is 24.9 Å². The van der Waals surface area contributed by atoms with Crippen molar-refractivity contribution < 1.29 is 9.59 Å². The Kier molecular flexibility index (Phi) is 6.33. The molecule has 0 aromatic carbocycles. The van der Waals surface area contributed by atoms with Gasteiger partial charge in [-0.1, -0.05) is 12.8 Å². The minimum atomic E-state index is -0.186. The fraction of sp³-hybridized carbons (Fsp3) is 0.667. The molecule has 0 unspecified atom stereocenters. The maximum atomic E-state index is 12.1. The zero-order chi connectivity index (χ0) is 15.9. The molecule has 1 fully saturated rings. The SMILES string of the molecule is CC(=O)Nc1nc(C(=O)NC[C@H](C)N2CCCCCC2)cs1. The summed E-state index contributed by atoms with van der Waals surface area (Å²) in [5.41, 5.74) is 0.358. The zero-order valence-corrected chi connectivity index (χ0v) is 14.0. The number of rotatable bonds is 5. The molecule has 2 heterocycles. The van der Waals surface area contributed by atoms with Crippen molar-refractivity contribution >= 4 is 28.3 Å². The van der Waals surface area contributed by atoms with Crippen LogP contribution in [0.25, 0.3) is 0 Å². The number of thiazole rings is 1. The van der Waals surface area contributed by atoms with Gasteiger partial charge < -0.3 is 10.6 Å². The second-order valence-electron chi connectivity index (χ2n) is 5.73. The van der Waals surface area contributed by atoms with Crippen molar-refractivity contribution in [3.63, 3.8) is 0 Å². The number of amides is 2. The summed E-state index contributed by atoms with van der Waals surface area (Å²) in [5.74, 6) is -0.370. The number of nitrogens with zero attached hydrogens (tertiary/aromatic N) is 2. The Bertz CT molecular complexity index is 509. The summed E-state index contributed by atoms with van der Waals surface area (Å²) in [6.07, 6.45) is 5.09. The molecule has 1 aromatic rings. The first-order valence-electron chi connectivity index (χ1n) is 7.81. The van der Waals surface area contributed by atoms with Crippen molar-refractivity contribution in [3.8, 4) is 0 Å². The molecule has 7 heteroatoms. The largest absolute Gasteiger partial charge is 0.349 e. The van der Waals surface area contributed by atoms with E-state index in [1.54, 1.807) is 5.38 Å². The van der Waals surface area contributed by atoms with Crippen LogP contribution in [0.5, 0.6) is 0 Å². The standard InChI is InChI=1S/C15H24N4O2S/c1-11(19-7-5-3-4-6-8-19)9-16-14(21)13-10-22-15(18-13)17-12(2)20/h10-11H,3-9H2,1-2H3,(H,16,21)(H,17,18,20)/t11-/m0/s1. The van der Waals surface area contributed by atoms with Crippen molar-refractivity contribution in [2.75, 3.05) is 25.0 Å². The van der Waals surface area contributed by atoms with E-state index in [1.165, 1.54) is 43.9 Å². The molecule has 0 saturated carbocycles. The summed E-state index contributed by atoms with van der Waals surface area (Å²) in [7, 11) is 0. The van der Waals surface area contributed by atoms with E-state index in [1.807, 2.05) is 0 Å². The lowest BCUT2D eigenvalue weighted by molar-refractivity contribution is -0.114. The topological polar surface area (TPSA) is 74.3 Å². The molecular formula is C15H24N4O2S. The summed E-state index contributed by atoms with van der Waals surface area (Å²) in [6, 6.07) is 0.329. The van der Waals surface area contributed by atoms with Gasteiger partial charge in [-0.15, -0.1) is 11.3 Å². The van der Waals surface area contributed by atoms with E-state index in [4.69, 9.17) is 0 Å². The minimum Gasteiger partial charge on any atom is -0.349 e. The van der Waals surface area contributed by atoms with Crippen LogP contribution >= 0.6 is 11.3 Å². The number of carbonyl (C=O) groups excluding carboxylic acids is 2. The monoisotopic (exact) mass is 324 g/mol. The first-order chi connectivity index (χ1) is 10.6. The number of aromatic nitrogens is 1. The molecule has 122 valence electrons. The number of nitrogens with one attached hydrogen (secondary N) is 2. The van der Waals surface area contributed by atoms with Crippen molar-refractivity contribution in [2.45, 2.75) is 45.6 Å². The number of anilines is 1. The highest BCUT2D eigenvalue weighted by Gasteiger charge is 2.17. The Morgan fingerprint density at radius 2 is 2.00 bits per heavy atom. The van der Waals surface area contributed by atoms with Crippen LogP contribution in [-0.2, 0) is 4.79 Å². The average molecular weight is 324 g/mol. The van der Waals surface area contributed by atoms with Crippen LogP contribution in [0.4, 0.5) is 5.13 Å². The van der Waals surface area contributed by atoms with Crippen LogP contribution < -0.4 is 10.6 Å². The summed E-state index contributed by atoms with van der Waals surface area (Å²) in [4.78, 5) is 29.6. The van der Waals surface area contributed by atoms with Gasteiger partial charge in [-0.2, -0.15) is 0 Å². The Hall–Kier alpha value is -1.47. The number of likely N-dealkylation sites (tertiary alicyclic amines) is 1. The third-order valence-corrected chi connectivity index (χ3v) is 4.60. The van der Waals surface area contributed by atoms with E-state index in [0.29, 0.717) is 23.4 Å². The Labute approximate surface area is 135 Å². The van der Waals surface area contributed by atoms with E-state index in [2.05, 4.69) is 27.4 Å². The third-order valence-electron chi connectivity index (χ3n) is 3.84. The van der Waals surface area contributed by atoms with Crippen molar-refractivity contribution in [1.29, 1.82) is 0 Å². The van der Waals surface area contributed by atoms with Crippen molar-refractivity contribution in [2.24, 2.45) is 0 Å². The van der Waals surface area contributed by atoms with Gasteiger partial charge in [-0.05, 0) is 32.9 Å². The van der Waals surface area contributed by atoms with Crippen molar-refractivity contribution in [1.82, 2.24) is 15.2 Å². The fourth-order valence-corrected chi connectivity index (χ4v) is 3.32. The Morgan fingerprint density at radius 1 is 1.32 bits per heavy atom.